The van der Waals surface area contributed by atoms with Crippen molar-refractivity contribution in [1.29, 1.82) is 0 Å². The number of phenols is 4. The van der Waals surface area contributed by atoms with Crippen LogP contribution in [0.25, 0.3) is 27.6 Å². The van der Waals surface area contributed by atoms with Crippen molar-refractivity contribution < 1.29 is 20.4 Å². The third kappa shape index (κ3) is 24.5. The maximum atomic E-state index is 11.3. The zero-order valence-electron chi connectivity index (χ0n) is 87.3. The second kappa shape index (κ2) is 43.7. The molecule has 0 fully saturated rings. The van der Waals surface area contributed by atoms with Crippen LogP contribution in [0, 0.1) is 34.6 Å². The van der Waals surface area contributed by atoms with Crippen LogP contribution in [-0.4, -0.2) is 107 Å². The number of H-pyrrole nitrogens is 5. The van der Waals surface area contributed by atoms with E-state index in [-0.39, 0.29) is 44.7 Å². The summed E-state index contributed by atoms with van der Waals surface area (Å²) in [5.41, 5.74) is 31.5. The normalized spacial score (nSPS) is 13.7. The Morgan fingerprint density at radius 2 is 0.574 bits per heavy atom. The fraction of sp³-hybridized carbons (Fsp3) is 0.194. The zero-order chi connectivity index (χ0) is 104. The molecule has 0 radical (unpaired) electrons. The molecule has 9 N–H and O–H groups in total. The minimum Gasteiger partial charge on any atom is -0.507 e. The van der Waals surface area contributed by atoms with Gasteiger partial charge in [-0.2, -0.15) is 0 Å². The maximum absolute atomic E-state index is 11.3. The second-order valence-electron chi connectivity index (χ2n) is 42.3. The van der Waals surface area contributed by atoms with Gasteiger partial charge in [0.15, 0.2) is 0 Å². The van der Waals surface area contributed by atoms with Crippen LogP contribution in [0.1, 0.15) is 231 Å². The Morgan fingerprint density at radius 3 is 0.905 bits per heavy atom. The number of benzene rings is 12. The van der Waals surface area contributed by atoms with Crippen molar-refractivity contribution in [2.45, 2.75) is 165 Å². The standard InChI is InChI=1S/C69H72N4O4.C32H29N5.C28H26N6/c1-65(2,3)57-21-13-17-45(61(57)74)41-70-53-33-25-49(26-34-53)69(50-27-35-54(36-28-50)71-42-46-18-14-22-58(62(46)75)66(4,5)6,51-29-37-55(38-30-51)72-43-47-19-15-23-59(63(47)76)67(7,8)9)52-31-39-56(40-32-52)73-44-48-20-16-24-60(64(48)77)68(10,11)12;1-20-4-7-23(10-20)17-33-29-11-24-13-30(34-18-27-8-5-21(2)36-27)15-26-16-31(14-25(12-29)32(24)26)35-19-28-9-6-22(3)37-28;1-18-4-7-22(32-18)15-29-21-10-11-25-26(14-21)28(31-17-24-9-6-20(3)34-24)13-12-27(25)30-16-23-8-5-19(2)33-23/h13-44,74-77H,1-12H3;4-9,11-13,15-19,36-37H,10,14H2,1-3H3;4-17,32-34H,1-3H3. The Morgan fingerprint density at radius 1 is 0.264 bits per heavy atom. The number of hydrogen-bond acceptors (Lipinski definition) is 14. The summed E-state index contributed by atoms with van der Waals surface area (Å²) < 4.78 is 0. The van der Waals surface area contributed by atoms with Gasteiger partial charge in [0.2, 0.25) is 0 Å². The Kier molecular flexibility index (Phi) is 30.2. The Labute approximate surface area is 867 Å². The third-order valence-corrected chi connectivity index (χ3v) is 26.4. The van der Waals surface area contributed by atoms with Gasteiger partial charge >= 0.3 is 0 Å². The van der Waals surface area contributed by atoms with Gasteiger partial charge in [0.05, 0.1) is 116 Å². The molecule has 0 spiro atoms. The summed E-state index contributed by atoms with van der Waals surface area (Å²) in [6.45, 7) is 37.2. The van der Waals surface area contributed by atoms with Gasteiger partial charge in [-0.05, 0) is 336 Å². The molecule has 0 saturated heterocycles. The molecule has 17 aromatic rings. The summed E-state index contributed by atoms with van der Waals surface area (Å²) in [6, 6.07) is 95.0. The Hall–Kier alpha value is -17.3. The number of aliphatic imine (C=N–C) groups is 10. The van der Waals surface area contributed by atoms with E-state index in [0.29, 0.717) is 45.0 Å². The molecule has 19 rings (SSSR count). The summed E-state index contributed by atoms with van der Waals surface area (Å²) in [6.07, 6.45) is 26.4. The average molecular weight is 1950 g/mol. The third-order valence-electron chi connectivity index (χ3n) is 26.4. The Bertz CT molecular complexity index is 7720. The lowest BCUT2D eigenvalue weighted by molar-refractivity contribution is 0.445. The predicted octanol–water partition coefficient (Wildman–Crippen LogP) is 31.9. The minimum atomic E-state index is -0.938. The highest BCUT2D eigenvalue weighted by Crippen LogP contribution is 2.49. The van der Waals surface area contributed by atoms with E-state index in [1.807, 2.05) is 260 Å². The van der Waals surface area contributed by atoms with Crippen LogP contribution >= 0.6 is 0 Å². The molecule has 0 atom stereocenters. The molecule has 0 saturated carbocycles. The molecule has 5 aromatic heterocycles. The average Bonchev–Trinajstić information content (AvgIpc) is 1.28. The van der Waals surface area contributed by atoms with E-state index in [9.17, 15) is 20.4 Å². The first-order valence-electron chi connectivity index (χ1n) is 50.0. The quantitative estimate of drug-likeness (QED) is 0.0211. The van der Waals surface area contributed by atoms with E-state index in [1.165, 1.54) is 22.1 Å². The lowest BCUT2D eigenvalue weighted by Crippen LogP contribution is -2.30. The first-order chi connectivity index (χ1) is 70.9. The van der Waals surface area contributed by atoms with Gasteiger partial charge in [0.1, 0.15) is 23.0 Å². The van der Waals surface area contributed by atoms with Crippen LogP contribution in [0.3, 0.4) is 0 Å². The topological polar surface area (TPSA) is 283 Å². The van der Waals surface area contributed by atoms with Crippen LogP contribution < -0.4 is 0 Å². The van der Waals surface area contributed by atoms with E-state index in [1.54, 1.807) is 24.9 Å². The molecule has 0 amide bonds. The van der Waals surface area contributed by atoms with E-state index in [0.717, 1.165) is 170 Å². The second-order valence-corrected chi connectivity index (χ2v) is 42.3. The number of aromatic nitrogens is 5. The van der Waals surface area contributed by atoms with Crippen LogP contribution in [0.4, 0.5) is 51.2 Å². The summed E-state index contributed by atoms with van der Waals surface area (Å²) in [5.74, 6) is 0.864. The van der Waals surface area contributed by atoms with Crippen LogP contribution in [0.15, 0.2) is 364 Å². The van der Waals surface area contributed by atoms with E-state index < -0.39 is 5.41 Å². The first-order valence-corrected chi connectivity index (χ1v) is 50.0. The number of nitrogens with one attached hydrogen (secondary N) is 5. The summed E-state index contributed by atoms with van der Waals surface area (Å²) in [4.78, 5) is 64.6. The van der Waals surface area contributed by atoms with Crippen LogP contribution in [-0.2, 0) is 33.5 Å². The number of fused-ring (bicyclic) bond motifs is 1. The van der Waals surface area contributed by atoms with Gasteiger partial charge in [0, 0.05) is 105 Å². The van der Waals surface area contributed by atoms with Crippen LogP contribution in [0.2, 0.25) is 0 Å². The molecule has 5 heterocycles. The van der Waals surface area contributed by atoms with Gasteiger partial charge in [0.25, 0.3) is 0 Å². The van der Waals surface area contributed by atoms with E-state index >= 15 is 0 Å². The maximum Gasteiger partial charge on any atom is 0.128 e. The number of allylic oxidation sites excluding steroid dienone is 5. The predicted molar refractivity (Wildman–Crippen MR) is 619 cm³/mol. The molecule has 742 valence electrons. The van der Waals surface area contributed by atoms with Crippen LogP contribution in [0.5, 0.6) is 23.0 Å². The Balaban J connectivity index is 0.000000173. The minimum absolute atomic E-state index is 0.216. The molecule has 148 heavy (non-hydrogen) atoms. The van der Waals surface area contributed by atoms with Gasteiger partial charge in [-0.3, -0.25) is 49.9 Å². The number of aryl methyl sites for hydroxylation is 5. The van der Waals surface area contributed by atoms with Gasteiger partial charge in [-0.15, -0.1) is 0 Å². The lowest BCUT2D eigenvalue weighted by atomic mass is 9.65. The SMILES string of the molecule is CC(C)(C)c1cccc(C=Nc2ccc(C(c3ccc(N=Cc4cccc(C(C)(C)C)c4O)cc3)(c3ccc(N=Cc4cccc(C(C)(C)C)c4O)cc3)c3ccc(N=Cc4cccc(C(C)(C)C)c4O)cc3)cc2)c1O.CC1=CC=C(C=Nc2cc3c4c(cc(N=Cc5ccc(C)[nH]5)cc4c2)C=C(N=Cc2ccc(C)[nH]2)C3)C1.Cc1ccc(C=Nc2ccc3c(N=Cc4ccc(C)[nH]4)ccc(N=Cc4ccc(C)[nH]4)c3c2)[nH]1. The highest BCUT2D eigenvalue weighted by atomic mass is 16.3. The molecule has 2 aliphatic carbocycles. The number of rotatable bonds is 24. The fourth-order valence-electron chi connectivity index (χ4n) is 18.6. The van der Waals surface area contributed by atoms with Crippen molar-refractivity contribution in [2.75, 3.05) is 0 Å². The monoisotopic (exact) mass is 1950 g/mol. The fourth-order valence-corrected chi connectivity index (χ4v) is 18.6. The van der Waals surface area contributed by atoms with Crippen molar-refractivity contribution in [1.82, 2.24) is 24.9 Å². The van der Waals surface area contributed by atoms with Gasteiger partial charge < -0.3 is 45.3 Å². The van der Waals surface area contributed by atoms with Crippen molar-refractivity contribution >= 4 is 141 Å². The van der Waals surface area contributed by atoms with E-state index in [2.05, 4.69) is 235 Å². The first kappa shape index (κ1) is 102. The molecule has 0 unspecified atom stereocenters. The summed E-state index contributed by atoms with van der Waals surface area (Å²) in [7, 11) is 0. The lowest BCUT2D eigenvalue weighted by Gasteiger charge is -2.37. The number of aromatic hydroxyl groups is 4. The molecular weight excluding hydrogens is 1820 g/mol. The molecule has 19 nitrogen and oxygen atoms in total. The van der Waals surface area contributed by atoms with Gasteiger partial charge in [-0.1, -0.05) is 198 Å². The number of aromatic amines is 5. The number of phenolic OH excluding ortho intramolecular Hbond substituents is 4. The summed E-state index contributed by atoms with van der Waals surface area (Å²) in [5, 5.41) is 49.5. The number of hydrogen-bond donors (Lipinski definition) is 9. The van der Waals surface area contributed by atoms with E-state index in [4.69, 9.17) is 44.9 Å². The smallest absolute Gasteiger partial charge is 0.128 e. The number of para-hydroxylation sites is 4. The molecule has 0 bridgehead atoms. The number of nitrogens with zero attached hydrogens (tertiary/aromatic N) is 10. The van der Waals surface area contributed by atoms with Gasteiger partial charge in [-0.25, -0.2) is 0 Å². The summed E-state index contributed by atoms with van der Waals surface area (Å²) >= 11 is 0. The van der Waals surface area contributed by atoms with Crippen molar-refractivity contribution in [2.24, 2.45) is 49.9 Å². The molecule has 2 aliphatic rings. The highest BCUT2D eigenvalue weighted by Gasteiger charge is 2.39. The highest BCUT2D eigenvalue weighted by molar-refractivity contribution is 6.05. The van der Waals surface area contributed by atoms with Crippen molar-refractivity contribution in [3.05, 3.63) is 449 Å². The molecule has 12 aromatic carbocycles. The molecule has 0 aliphatic heterocycles. The van der Waals surface area contributed by atoms with Crippen molar-refractivity contribution in [3.8, 4) is 23.0 Å². The largest absolute Gasteiger partial charge is 0.507 e. The van der Waals surface area contributed by atoms with Crippen molar-refractivity contribution in [3.63, 3.8) is 0 Å². The zero-order valence-corrected chi connectivity index (χ0v) is 87.3. The molecule has 19 heteroatoms. The molecular formula is C129H127N15O4.